The second-order valence-electron chi connectivity index (χ2n) is 14.2. The lowest BCUT2D eigenvalue weighted by Gasteiger charge is -2.24. The number of anilines is 1. The van der Waals surface area contributed by atoms with Gasteiger partial charge in [0.1, 0.15) is 0 Å². The summed E-state index contributed by atoms with van der Waals surface area (Å²) in [6.45, 7) is 1.71. The van der Waals surface area contributed by atoms with Gasteiger partial charge in [0.2, 0.25) is 5.91 Å². The van der Waals surface area contributed by atoms with Crippen LogP contribution in [0.5, 0.6) is 0 Å². The van der Waals surface area contributed by atoms with Gasteiger partial charge in [-0.25, -0.2) is 0 Å². The number of carbonyl (C=O) groups is 1. The van der Waals surface area contributed by atoms with E-state index < -0.39 is 0 Å². The fourth-order valence-electron chi connectivity index (χ4n) is 8.33. The van der Waals surface area contributed by atoms with Crippen molar-refractivity contribution in [2.75, 3.05) is 11.9 Å². The van der Waals surface area contributed by atoms with Gasteiger partial charge in [-0.1, -0.05) is 164 Å². The predicted molar refractivity (Wildman–Crippen MR) is 222 cm³/mol. The Kier molecular flexibility index (Phi) is 9.19. The molecule has 1 aliphatic heterocycles. The van der Waals surface area contributed by atoms with Gasteiger partial charge in [0.25, 0.3) is 0 Å². The number of benzene rings is 7. The third kappa shape index (κ3) is 6.54. The van der Waals surface area contributed by atoms with Crippen molar-refractivity contribution in [3.05, 3.63) is 215 Å². The zero-order valence-electron chi connectivity index (χ0n) is 30.1. The molecule has 54 heavy (non-hydrogen) atoms. The Balaban J connectivity index is 1.15. The summed E-state index contributed by atoms with van der Waals surface area (Å²) in [5.74, 6) is 7.23. The summed E-state index contributed by atoms with van der Waals surface area (Å²) in [5, 5.41) is 5.59. The molecule has 3 nitrogen and oxygen atoms in total. The summed E-state index contributed by atoms with van der Waals surface area (Å²) >= 11 is 0. The van der Waals surface area contributed by atoms with E-state index in [0.29, 0.717) is 0 Å². The van der Waals surface area contributed by atoms with Crippen LogP contribution in [0.3, 0.4) is 0 Å². The second kappa shape index (κ2) is 14.9. The standard InChI is InChI=1S/C51H40N2O/c54-51(47-26-15-33-53(47)35-37-18-7-2-8-19-37)52-41-30-28-39(29-31-41)45-34-46(38-20-9-3-10-21-38)50-48(40-22-11-4-12-23-40)43-25-14-13-24-42(43)44(49(45)50)32-27-36-16-5-1-6-17-36/h1-14,16-25,28-31,34,45,47H,15,26,33,35H2,(H,52,54). The molecule has 1 heterocycles. The third-order valence-corrected chi connectivity index (χ3v) is 10.9. The molecule has 7 aromatic carbocycles. The number of fused-ring (bicyclic) bond motifs is 2. The Labute approximate surface area is 317 Å². The summed E-state index contributed by atoms with van der Waals surface area (Å²) < 4.78 is 0. The largest absolute Gasteiger partial charge is 0.325 e. The summed E-state index contributed by atoms with van der Waals surface area (Å²) in [4.78, 5) is 16.0. The lowest BCUT2D eigenvalue weighted by Crippen LogP contribution is -2.39. The van der Waals surface area contributed by atoms with Gasteiger partial charge in [-0.05, 0) is 98.9 Å². The Morgan fingerprint density at radius 3 is 1.94 bits per heavy atom. The smallest absolute Gasteiger partial charge is 0.241 e. The van der Waals surface area contributed by atoms with Crippen LogP contribution in [0.25, 0.3) is 27.5 Å². The summed E-state index contributed by atoms with van der Waals surface area (Å²) in [5.41, 5.74) is 12.5. The minimum atomic E-state index is -0.140. The Morgan fingerprint density at radius 2 is 1.24 bits per heavy atom. The number of carbonyl (C=O) groups excluding carboxylic acids is 1. The molecule has 2 atom stereocenters. The number of likely N-dealkylation sites (tertiary alicyclic amines) is 1. The minimum Gasteiger partial charge on any atom is -0.325 e. The highest BCUT2D eigenvalue weighted by Crippen LogP contribution is 2.51. The number of amides is 1. The molecule has 0 saturated carbocycles. The summed E-state index contributed by atoms with van der Waals surface area (Å²) in [7, 11) is 0. The molecule has 1 amide bonds. The van der Waals surface area contributed by atoms with Crippen LogP contribution < -0.4 is 5.32 Å². The van der Waals surface area contributed by atoms with E-state index in [1.165, 1.54) is 44.3 Å². The highest BCUT2D eigenvalue weighted by atomic mass is 16.2. The predicted octanol–water partition coefficient (Wildman–Crippen LogP) is 11.1. The molecule has 260 valence electrons. The lowest BCUT2D eigenvalue weighted by molar-refractivity contribution is -0.120. The van der Waals surface area contributed by atoms with Crippen molar-refractivity contribution in [2.24, 2.45) is 0 Å². The van der Waals surface area contributed by atoms with Crippen LogP contribution in [-0.2, 0) is 11.3 Å². The highest BCUT2D eigenvalue weighted by molar-refractivity contribution is 6.10. The van der Waals surface area contributed by atoms with Crippen molar-refractivity contribution >= 4 is 27.9 Å². The van der Waals surface area contributed by atoms with Crippen molar-refractivity contribution in [2.45, 2.75) is 31.3 Å². The number of rotatable bonds is 7. The first kappa shape index (κ1) is 33.4. The molecule has 0 bridgehead atoms. The number of nitrogens with zero attached hydrogens (tertiary/aromatic N) is 1. The van der Waals surface area contributed by atoms with Gasteiger partial charge in [-0.15, -0.1) is 0 Å². The van der Waals surface area contributed by atoms with E-state index in [1.807, 2.05) is 24.3 Å². The molecular weight excluding hydrogens is 657 g/mol. The van der Waals surface area contributed by atoms with E-state index in [2.05, 4.69) is 174 Å². The van der Waals surface area contributed by atoms with E-state index in [-0.39, 0.29) is 17.9 Å². The van der Waals surface area contributed by atoms with E-state index in [0.717, 1.165) is 53.7 Å². The van der Waals surface area contributed by atoms with Crippen LogP contribution in [0.15, 0.2) is 176 Å². The summed E-state index contributed by atoms with van der Waals surface area (Å²) in [6, 6.07) is 59.2. The number of hydrogen-bond acceptors (Lipinski definition) is 2. The number of hydrogen-bond donors (Lipinski definition) is 1. The molecule has 1 aliphatic carbocycles. The zero-order chi connectivity index (χ0) is 36.3. The highest BCUT2D eigenvalue weighted by Gasteiger charge is 2.34. The van der Waals surface area contributed by atoms with E-state index in [1.54, 1.807) is 0 Å². The van der Waals surface area contributed by atoms with Crippen LogP contribution >= 0.6 is 0 Å². The fraction of sp³-hybridized carbons (Fsp3) is 0.118. The SMILES string of the molecule is O=C(Nc1ccc(C2C=C(c3ccccc3)c3c2c(C#Cc2ccccc2)c2ccccc2c3-c2ccccc2)cc1)C1CCCN1Cc1ccccc1. The van der Waals surface area contributed by atoms with Crippen LogP contribution in [0.2, 0.25) is 0 Å². The van der Waals surface area contributed by atoms with Crippen molar-refractivity contribution in [1.29, 1.82) is 0 Å². The second-order valence-corrected chi connectivity index (χ2v) is 14.2. The van der Waals surface area contributed by atoms with E-state index in [4.69, 9.17) is 0 Å². The van der Waals surface area contributed by atoms with Gasteiger partial charge in [0.15, 0.2) is 0 Å². The molecule has 1 fully saturated rings. The molecule has 1 saturated heterocycles. The van der Waals surface area contributed by atoms with E-state index >= 15 is 0 Å². The van der Waals surface area contributed by atoms with Crippen LogP contribution in [0, 0.1) is 11.8 Å². The first-order chi connectivity index (χ1) is 26.7. The van der Waals surface area contributed by atoms with Crippen LogP contribution in [0.4, 0.5) is 5.69 Å². The average molecular weight is 697 g/mol. The Morgan fingerprint density at radius 1 is 0.630 bits per heavy atom. The molecule has 2 aliphatic rings. The topological polar surface area (TPSA) is 32.3 Å². The number of nitrogens with one attached hydrogen (secondary N) is 1. The molecule has 1 N–H and O–H groups in total. The fourth-order valence-corrected chi connectivity index (χ4v) is 8.33. The third-order valence-electron chi connectivity index (χ3n) is 10.9. The molecule has 3 heteroatoms. The maximum absolute atomic E-state index is 13.7. The first-order valence-electron chi connectivity index (χ1n) is 18.9. The van der Waals surface area contributed by atoms with Crippen LogP contribution in [0.1, 0.15) is 57.7 Å². The molecule has 0 radical (unpaired) electrons. The van der Waals surface area contributed by atoms with Gasteiger partial charge in [0.05, 0.1) is 6.04 Å². The van der Waals surface area contributed by atoms with Crippen molar-refractivity contribution in [3.8, 4) is 23.0 Å². The maximum Gasteiger partial charge on any atom is 0.241 e. The van der Waals surface area contributed by atoms with Crippen molar-refractivity contribution in [1.82, 2.24) is 4.90 Å². The van der Waals surface area contributed by atoms with Gasteiger partial charge in [-0.3, -0.25) is 9.69 Å². The van der Waals surface area contributed by atoms with Crippen LogP contribution in [-0.4, -0.2) is 23.4 Å². The molecular formula is C51H40N2O. The van der Waals surface area contributed by atoms with Gasteiger partial charge < -0.3 is 5.32 Å². The molecule has 9 rings (SSSR count). The van der Waals surface area contributed by atoms with Gasteiger partial charge in [0, 0.05) is 29.3 Å². The molecule has 7 aromatic rings. The molecule has 0 spiro atoms. The average Bonchev–Trinajstić information content (AvgIpc) is 3.87. The zero-order valence-corrected chi connectivity index (χ0v) is 30.1. The monoisotopic (exact) mass is 696 g/mol. The number of allylic oxidation sites excluding steroid dienone is 1. The van der Waals surface area contributed by atoms with Crippen molar-refractivity contribution < 1.29 is 4.79 Å². The maximum atomic E-state index is 13.7. The Hall–Kier alpha value is -6.47. The van der Waals surface area contributed by atoms with Gasteiger partial charge in [-0.2, -0.15) is 0 Å². The first-order valence-corrected chi connectivity index (χ1v) is 18.9. The molecule has 0 aromatic heterocycles. The normalized spacial score (nSPS) is 16.3. The lowest BCUT2D eigenvalue weighted by atomic mass is 9.81. The summed E-state index contributed by atoms with van der Waals surface area (Å²) in [6.07, 6.45) is 4.32. The Bertz CT molecular complexity index is 2530. The van der Waals surface area contributed by atoms with Gasteiger partial charge >= 0.3 is 0 Å². The quantitative estimate of drug-likeness (QED) is 0.168. The van der Waals surface area contributed by atoms with Crippen molar-refractivity contribution in [3.63, 3.8) is 0 Å². The minimum absolute atomic E-state index is 0.0525. The molecule has 2 unspecified atom stereocenters. The van der Waals surface area contributed by atoms with E-state index in [9.17, 15) is 4.79 Å².